The van der Waals surface area contributed by atoms with Crippen molar-refractivity contribution in [2.24, 2.45) is 0 Å². The van der Waals surface area contributed by atoms with Gasteiger partial charge < -0.3 is 9.64 Å². The van der Waals surface area contributed by atoms with E-state index in [1.807, 2.05) is 36.3 Å². The van der Waals surface area contributed by atoms with E-state index in [9.17, 15) is 14.0 Å². The second kappa shape index (κ2) is 7.01. The molecular weight excluding hydrogens is 345 g/mol. The maximum Gasteiger partial charge on any atom is 0.410 e. The summed E-state index contributed by atoms with van der Waals surface area (Å²) in [6, 6.07) is 14.2. The first-order valence-corrected chi connectivity index (χ1v) is 9.11. The molecule has 0 radical (unpaired) electrons. The Balaban J connectivity index is 1.43. The molecule has 0 aromatic heterocycles. The van der Waals surface area contributed by atoms with Crippen LogP contribution in [0.15, 0.2) is 48.5 Å². The minimum Gasteiger partial charge on any atom is -0.445 e. The fourth-order valence-electron chi connectivity index (χ4n) is 4.22. The first-order chi connectivity index (χ1) is 13.1. The summed E-state index contributed by atoms with van der Waals surface area (Å²) in [4.78, 5) is 25.4. The van der Waals surface area contributed by atoms with Crippen molar-refractivity contribution in [2.75, 3.05) is 13.1 Å². The maximum atomic E-state index is 13.6. The van der Waals surface area contributed by atoms with Crippen LogP contribution in [-0.2, 0) is 21.6 Å². The Morgan fingerprint density at radius 1 is 1.15 bits per heavy atom. The lowest BCUT2D eigenvalue weighted by molar-refractivity contribution is 0.0784. The van der Waals surface area contributed by atoms with Crippen molar-refractivity contribution in [3.8, 4) is 0 Å². The summed E-state index contributed by atoms with van der Waals surface area (Å²) >= 11 is 0. The average Bonchev–Trinajstić information content (AvgIpc) is 3.00. The molecule has 0 unspecified atom stereocenters. The molecule has 4 rings (SSSR count). The van der Waals surface area contributed by atoms with Gasteiger partial charge in [0.25, 0.3) is 0 Å². The molecule has 1 fully saturated rings. The van der Waals surface area contributed by atoms with Gasteiger partial charge in [0.15, 0.2) is 0 Å². The van der Waals surface area contributed by atoms with Crippen LogP contribution in [0.4, 0.5) is 9.18 Å². The van der Waals surface area contributed by atoms with Crippen LogP contribution in [0.5, 0.6) is 0 Å². The molecule has 0 atom stereocenters. The molecule has 1 amide bonds. The van der Waals surface area contributed by atoms with Crippen LogP contribution in [0.3, 0.4) is 0 Å². The van der Waals surface area contributed by atoms with Crippen molar-refractivity contribution in [2.45, 2.75) is 31.3 Å². The van der Waals surface area contributed by atoms with E-state index in [1.54, 1.807) is 11.0 Å². The first kappa shape index (κ1) is 17.5. The fourth-order valence-corrected chi connectivity index (χ4v) is 4.22. The van der Waals surface area contributed by atoms with Crippen molar-refractivity contribution in [1.29, 1.82) is 0 Å². The van der Waals surface area contributed by atoms with Gasteiger partial charge in [-0.3, -0.25) is 0 Å². The van der Waals surface area contributed by atoms with Crippen molar-refractivity contribution >= 4 is 17.6 Å². The number of carbonyl (C=O) groups excluding carboxylic acids is 2. The largest absolute Gasteiger partial charge is 0.445 e. The maximum absolute atomic E-state index is 13.6. The van der Waals surface area contributed by atoms with Gasteiger partial charge in [0, 0.05) is 24.1 Å². The Morgan fingerprint density at radius 2 is 1.89 bits per heavy atom. The Labute approximate surface area is 157 Å². The van der Waals surface area contributed by atoms with Crippen molar-refractivity contribution in [3.05, 3.63) is 71.0 Å². The molecule has 2 aromatic rings. The zero-order chi connectivity index (χ0) is 18.9. The number of hydrogen-bond acceptors (Lipinski definition) is 3. The van der Waals surface area contributed by atoms with Crippen molar-refractivity contribution in [3.63, 3.8) is 0 Å². The molecule has 1 aliphatic heterocycles. The van der Waals surface area contributed by atoms with Crippen LogP contribution in [-0.4, -0.2) is 30.0 Å². The Morgan fingerprint density at radius 3 is 2.59 bits per heavy atom. The third-order valence-electron chi connectivity index (χ3n) is 5.70. The lowest BCUT2D eigenvalue weighted by Gasteiger charge is -2.39. The minimum atomic E-state index is -0.347. The number of carbonyl (C=O) groups is 1. The number of amides is 1. The lowest BCUT2D eigenvalue weighted by Crippen LogP contribution is -2.44. The Bertz CT molecular complexity index is 910. The van der Waals surface area contributed by atoms with Gasteiger partial charge in [0.2, 0.25) is 0 Å². The Kier molecular flexibility index (Phi) is 4.54. The number of benzene rings is 2. The summed E-state index contributed by atoms with van der Waals surface area (Å²) in [5.41, 5.74) is 2.94. The first-order valence-electron chi connectivity index (χ1n) is 9.11. The van der Waals surface area contributed by atoms with Crippen LogP contribution >= 0.6 is 0 Å². The molecule has 1 aliphatic carbocycles. The summed E-state index contributed by atoms with van der Waals surface area (Å²) in [5.74, 6) is 1.64. The third-order valence-corrected chi connectivity index (χ3v) is 5.70. The summed E-state index contributed by atoms with van der Waals surface area (Å²) in [6.07, 6.45) is 1.67. The topological polar surface area (TPSA) is 46.6 Å². The van der Waals surface area contributed by atoms with Gasteiger partial charge in [-0.1, -0.05) is 36.4 Å². The number of piperidine rings is 1. The number of fused-ring (bicyclic) bond motifs is 2. The van der Waals surface area contributed by atoms with Crippen LogP contribution in [0.1, 0.15) is 36.0 Å². The fraction of sp³-hybridized carbons (Fsp3) is 0.318. The zero-order valence-corrected chi connectivity index (χ0v) is 14.9. The average molecular weight is 365 g/mol. The molecule has 0 bridgehead atoms. The molecule has 1 saturated heterocycles. The molecule has 2 aliphatic rings. The summed E-state index contributed by atoms with van der Waals surface area (Å²) < 4.78 is 19.0. The molecule has 0 N–H and O–H groups in total. The highest BCUT2D eigenvalue weighted by Crippen LogP contribution is 2.50. The molecule has 27 heavy (non-hydrogen) atoms. The van der Waals surface area contributed by atoms with Crippen LogP contribution in [0.25, 0.3) is 5.57 Å². The molecular formula is C22H20FNO3. The standard InChI is InChI=1S/C22H20FNO3/c23-18-6-7-20-19(12-18)17(14-25)13-22(20)8-10-24(11-9-22)21(26)27-15-16-4-2-1-3-5-16/h1-7,12H,8-11,13,15H2. The van der Waals surface area contributed by atoms with Crippen molar-refractivity contribution in [1.82, 2.24) is 4.90 Å². The van der Waals surface area contributed by atoms with Gasteiger partial charge in [-0.15, -0.1) is 0 Å². The van der Waals surface area contributed by atoms with Gasteiger partial charge in [0.1, 0.15) is 18.4 Å². The second-order valence-corrected chi connectivity index (χ2v) is 7.25. The highest BCUT2D eigenvalue weighted by atomic mass is 19.1. The lowest BCUT2D eigenvalue weighted by atomic mass is 9.74. The van der Waals surface area contributed by atoms with E-state index >= 15 is 0 Å². The molecule has 2 aromatic carbocycles. The SMILES string of the molecule is O=C=C1CC2(CCN(C(=O)OCc3ccccc3)CC2)c2ccc(F)cc21. The molecule has 0 saturated carbocycles. The molecule has 138 valence electrons. The Hall–Kier alpha value is -2.91. The van der Waals surface area contributed by atoms with E-state index in [-0.39, 0.29) is 23.9 Å². The second-order valence-electron chi connectivity index (χ2n) is 7.25. The molecule has 5 heteroatoms. The van der Waals surface area contributed by atoms with Gasteiger partial charge in [-0.25, -0.2) is 14.0 Å². The van der Waals surface area contributed by atoms with Gasteiger partial charge >= 0.3 is 6.09 Å². The van der Waals surface area contributed by atoms with Crippen LogP contribution in [0.2, 0.25) is 0 Å². The van der Waals surface area contributed by atoms with Gasteiger partial charge in [-0.05, 0) is 48.1 Å². The minimum absolute atomic E-state index is 0.216. The number of hydrogen-bond donors (Lipinski definition) is 0. The quantitative estimate of drug-likeness (QED) is 0.753. The number of allylic oxidation sites excluding steroid dienone is 1. The number of halogens is 1. The van der Waals surface area contributed by atoms with E-state index in [0.717, 1.165) is 24.0 Å². The smallest absolute Gasteiger partial charge is 0.410 e. The monoisotopic (exact) mass is 365 g/mol. The summed E-state index contributed by atoms with van der Waals surface area (Å²) in [5, 5.41) is 0. The third kappa shape index (κ3) is 3.26. The van der Waals surface area contributed by atoms with Crippen LogP contribution in [0, 0.1) is 5.82 Å². The van der Waals surface area contributed by atoms with Gasteiger partial charge in [-0.2, -0.15) is 0 Å². The highest BCUT2D eigenvalue weighted by molar-refractivity contribution is 5.92. The zero-order valence-electron chi connectivity index (χ0n) is 14.9. The molecule has 1 heterocycles. The predicted molar refractivity (Wildman–Crippen MR) is 99.2 cm³/mol. The highest BCUT2D eigenvalue weighted by Gasteiger charge is 2.44. The van der Waals surface area contributed by atoms with E-state index in [0.29, 0.717) is 30.6 Å². The summed E-state index contributed by atoms with van der Waals surface area (Å²) in [7, 11) is 0. The van der Waals surface area contributed by atoms with E-state index in [2.05, 4.69) is 0 Å². The van der Waals surface area contributed by atoms with Crippen molar-refractivity contribution < 1.29 is 18.7 Å². The number of nitrogens with zero attached hydrogens (tertiary/aromatic N) is 1. The van der Waals surface area contributed by atoms with Crippen LogP contribution < -0.4 is 0 Å². The summed E-state index contributed by atoms with van der Waals surface area (Å²) in [6.45, 7) is 1.36. The number of rotatable bonds is 2. The van der Waals surface area contributed by atoms with E-state index in [1.165, 1.54) is 12.1 Å². The number of likely N-dealkylation sites (tertiary alicyclic amines) is 1. The molecule has 1 spiro atoms. The number of ether oxygens (including phenoxy) is 1. The van der Waals surface area contributed by atoms with Gasteiger partial charge in [0.05, 0.1) is 0 Å². The normalized spacial score (nSPS) is 17.5. The van der Waals surface area contributed by atoms with E-state index in [4.69, 9.17) is 4.74 Å². The molecule has 4 nitrogen and oxygen atoms in total. The predicted octanol–water partition coefficient (Wildman–Crippen LogP) is 4.11. The van der Waals surface area contributed by atoms with E-state index < -0.39 is 0 Å².